The maximum atomic E-state index is 11.7. The van der Waals surface area contributed by atoms with Crippen molar-refractivity contribution in [3.05, 3.63) is 22.4 Å². The summed E-state index contributed by atoms with van der Waals surface area (Å²) in [5, 5.41) is 3.26. The van der Waals surface area contributed by atoms with Gasteiger partial charge < -0.3 is 5.73 Å². The first-order valence-electron chi connectivity index (χ1n) is 4.17. The Morgan fingerprint density at radius 3 is 2.76 bits per heavy atom. The van der Waals surface area contributed by atoms with Crippen LogP contribution >= 0.6 is 23.2 Å². The lowest BCUT2D eigenvalue weighted by Gasteiger charge is -1.98. The van der Waals surface area contributed by atoms with Crippen LogP contribution in [0.15, 0.2) is 21.6 Å². The van der Waals surface area contributed by atoms with Gasteiger partial charge in [0.2, 0.25) is 5.03 Å². The molecule has 0 unspecified atom stereocenters. The lowest BCUT2D eigenvalue weighted by molar-refractivity contribution is 0.590. The molecule has 0 fully saturated rings. The molecule has 0 saturated heterocycles. The molecular formula is C7H5Cl2N5O2S. The normalized spacial score (nSPS) is 12.6. The highest BCUT2D eigenvalue weighted by molar-refractivity contribution is 7.90. The first kappa shape index (κ1) is 12.1. The minimum absolute atomic E-state index is 0.0970. The van der Waals surface area contributed by atoms with Gasteiger partial charge in [-0.3, -0.25) is 0 Å². The molecular weight excluding hydrogens is 289 g/mol. The average molecular weight is 294 g/mol. The number of hydrogen-bond donors (Lipinski definition) is 1. The third kappa shape index (κ3) is 2.06. The molecule has 2 aromatic heterocycles. The number of nitrogens with zero attached hydrogens (tertiary/aromatic N) is 4. The zero-order valence-electron chi connectivity index (χ0n) is 8.08. The first-order valence-corrected chi connectivity index (χ1v) is 6.36. The number of halogens is 2. The third-order valence-corrected chi connectivity index (χ3v) is 3.64. The molecule has 0 atom stereocenters. The quantitative estimate of drug-likeness (QED) is 0.649. The summed E-state index contributed by atoms with van der Waals surface area (Å²) in [6.07, 6.45) is 0.648. The molecule has 10 heteroatoms. The molecule has 0 amide bonds. The number of nitrogens with two attached hydrogens (primary N) is 1. The topological polar surface area (TPSA) is 103 Å². The maximum absolute atomic E-state index is 11.7. The van der Waals surface area contributed by atoms with Gasteiger partial charge in [-0.25, -0.2) is 4.98 Å². The van der Waals surface area contributed by atoms with Gasteiger partial charge in [0, 0.05) is 0 Å². The molecule has 0 aliphatic rings. The van der Waals surface area contributed by atoms with E-state index in [0.717, 1.165) is 4.52 Å². The highest BCUT2D eigenvalue weighted by Crippen LogP contribution is 2.23. The van der Waals surface area contributed by atoms with Gasteiger partial charge in [-0.2, -0.15) is 18.0 Å². The van der Waals surface area contributed by atoms with Gasteiger partial charge >= 0.3 is 10.0 Å². The van der Waals surface area contributed by atoms with E-state index in [1.165, 1.54) is 12.1 Å². The minimum Gasteiger partial charge on any atom is -0.389 e. The Bertz CT molecular complexity index is 708. The van der Waals surface area contributed by atoms with E-state index in [1.54, 1.807) is 0 Å². The first-order chi connectivity index (χ1) is 7.95. The average Bonchev–Trinajstić information content (AvgIpc) is 2.53. The van der Waals surface area contributed by atoms with E-state index in [4.69, 9.17) is 28.9 Å². The van der Waals surface area contributed by atoms with Gasteiger partial charge in [-0.15, -0.1) is 4.40 Å². The van der Waals surface area contributed by atoms with Crippen LogP contribution in [-0.2, 0) is 10.0 Å². The molecule has 7 nitrogen and oxygen atoms in total. The third-order valence-electron chi connectivity index (χ3n) is 1.81. The van der Waals surface area contributed by atoms with Crippen LogP contribution in [0, 0.1) is 0 Å². The Kier molecular flexibility index (Phi) is 2.94. The van der Waals surface area contributed by atoms with Crippen molar-refractivity contribution in [2.24, 2.45) is 10.1 Å². The minimum atomic E-state index is -4.05. The highest BCUT2D eigenvalue weighted by atomic mass is 35.5. The van der Waals surface area contributed by atoms with Crippen molar-refractivity contribution in [1.82, 2.24) is 14.6 Å². The molecule has 0 radical (unpaired) electrons. The van der Waals surface area contributed by atoms with Gasteiger partial charge in [0.25, 0.3) is 0 Å². The summed E-state index contributed by atoms with van der Waals surface area (Å²) in [4.78, 5) is 3.82. The van der Waals surface area contributed by atoms with E-state index in [2.05, 4.69) is 14.5 Å². The second-order valence-electron chi connectivity index (χ2n) is 2.86. The van der Waals surface area contributed by atoms with Crippen LogP contribution in [0.25, 0.3) is 5.65 Å². The molecule has 17 heavy (non-hydrogen) atoms. The fourth-order valence-corrected chi connectivity index (χ4v) is 2.68. The number of hydrogen-bond acceptors (Lipinski definition) is 4. The Morgan fingerprint density at radius 2 is 2.12 bits per heavy atom. The van der Waals surface area contributed by atoms with Crippen LogP contribution in [-0.4, -0.2) is 29.4 Å². The smallest absolute Gasteiger partial charge is 0.304 e. The molecule has 0 aliphatic heterocycles. The highest BCUT2D eigenvalue weighted by Gasteiger charge is 2.24. The zero-order chi connectivity index (χ0) is 12.6. The van der Waals surface area contributed by atoms with E-state index in [1.807, 2.05) is 0 Å². The summed E-state index contributed by atoms with van der Waals surface area (Å²) in [7, 11) is -4.05. The van der Waals surface area contributed by atoms with Crippen molar-refractivity contribution in [2.45, 2.75) is 5.03 Å². The summed E-state index contributed by atoms with van der Waals surface area (Å²) in [6.45, 7) is 0. The molecule has 2 N–H and O–H groups in total. The standard InChI is InChI=1S/C7H5Cl2N5O2S/c8-4-1-2-5-12-6(9)7(14(5)13-4)17(15,16)11-3-10/h1-3H,(H2,10,11). The molecule has 2 aromatic rings. The largest absolute Gasteiger partial charge is 0.389 e. The Labute approximate surface area is 106 Å². The molecule has 0 aromatic carbocycles. The second-order valence-corrected chi connectivity index (χ2v) is 5.16. The maximum Gasteiger partial charge on any atom is 0.304 e. The van der Waals surface area contributed by atoms with Crippen LogP contribution in [0.2, 0.25) is 10.3 Å². The zero-order valence-corrected chi connectivity index (χ0v) is 10.4. The van der Waals surface area contributed by atoms with Crippen molar-refractivity contribution in [1.29, 1.82) is 0 Å². The van der Waals surface area contributed by atoms with Gasteiger partial charge in [0.15, 0.2) is 10.8 Å². The van der Waals surface area contributed by atoms with E-state index in [0.29, 0.717) is 6.34 Å². The molecule has 2 heterocycles. The Morgan fingerprint density at radius 1 is 1.41 bits per heavy atom. The SMILES string of the molecule is N/C=N/S(=O)(=O)c1c(Cl)nc2ccc(Cl)nn12. The van der Waals surface area contributed by atoms with Gasteiger partial charge in [0.05, 0.1) is 6.34 Å². The molecule has 90 valence electrons. The summed E-state index contributed by atoms with van der Waals surface area (Å²) < 4.78 is 27.6. The van der Waals surface area contributed by atoms with Gasteiger partial charge in [-0.1, -0.05) is 23.2 Å². The lowest BCUT2D eigenvalue weighted by Crippen LogP contribution is -2.06. The lowest BCUT2D eigenvalue weighted by atomic mass is 10.6. The van der Waals surface area contributed by atoms with Gasteiger partial charge in [-0.05, 0) is 12.1 Å². The van der Waals surface area contributed by atoms with Gasteiger partial charge in [0.1, 0.15) is 5.15 Å². The molecule has 0 bridgehead atoms. The molecule has 0 aliphatic carbocycles. The Hall–Kier alpha value is -1.38. The fourth-order valence-electron chi connectivity index (χ4n) is 1.21. The molecule has 0 spiro atoms. The number of sulfonamides is 1. The van der Waals surface area contributed by atoms with E-state index in [9.17, 15) is 8.42 Å². The molecule has 2 rings (SSSR count). The fraction of sp³-hybridized carbons (Fsp3) is 0. The number of rotatable bonds is 2. The predicted octanol–water partition coefficient (Wildman–Crippen LogP) is 0.712. The van der Waals surface area contributed by atoms with E-state index >= 15 is 0 Å². The summed E-state index contributed by atoms with van der Waals surface area (Å²) in [5.41, 5.74) is 5.20. The van der Waals surface area contributed by atoms with Crippen LogP contribution in [0.3, 0.4) is 0 Å². The van der Waals surface area contributed by atoms with Crippen molar-refractivity contribution < 1.29 is 8.42 Å². The summed E-state index contributed by atoms with van der Waals surface area (Å²) >= 11 is 11.4. The van der Waals surface area contributed by atoms with Crippen LogP contribution in [0.4, 0.5) is 0 Å². The predicted molar refractivity (Wildman–Crippen MR) is 62.9 cm³/mol. The van der Waals surface area contributed by atoms with Crippen molar-refractivity contribution in [3.8, 4) is 0 Å². The van der Waals surface area contributed by atoms with Crippen molar-refractivity contribution in [3.63, 3.8) is 0 Å². The second kappa shape index (κ2) is 4.13. The van der Waals surface area contributed by atoms with E-state index in [-0.39, 0.29) is 21.0 Å². The number of aromatic nitrogens is 3. The van der Waals surface area contributed by atoms with E-state index < -0.39 is 10.0 Å². The summed E-state index contributed by atoms with van der Waals surface area (Å²) in [6, 6.07) is 2.94. The van der Waals surface area contributed by atoms with Crippen LogP contribution < -0.4 is 5.73 Å². The van der Waals surface area contributed by atoms with Crippen LogP contribution in [0.1, 0.15) is 0 Å². The Balaban J connectivity index is 2.86. The van der Waals surface area contributed by atoms with Crippen LogP contribution in [0.5, 0.6) is 0 Å². The summed E-state index contributed by atoms with van der Waals surface area (Å²) in [5.74, 6) is 0. The van der Waals surface area contributed by atoms with Crippen molar-refractivity contribution >= 4 is 45.2 Å². The molecule has 0 saturated carbocycles. The number of fused-ring (bicyclic) bond motifs is 1. The van der Waals surface area contributed by atoms with Crippen molar-refractivity contribution in [2.75, 3.05) is 0 Å². The monoisotopic (exact) mass is 293 g/mol. The number of imidazole rings is 1.